The van der Waals surface area contributed by atoms with Crippen LogP contribution in [0.2, 0.25) is 0 Å². The molecule has 0 bridgehead atoms. The second-order valence-corrected chi connectivity index (χ2v) is 3.69. The Morgan fingerprint density at radius 1 is 1.50 bits per heavy atom. The first-order valence-corrected chi connectivity index (χ1v) is 4.76. The van der Waals surface area contributed by atoms with Gasteiger partial charge in [-0.3, -0.25) is 0 Å². The topological polar surface area (TPSA) is 17.8 Å². The highest BCUT2D eigenvalue weighted by atomic mass is 15.1. The predicted octanol–water partition coefficient (Wildman–Crippen LogP) is 2.17. The molecule has 66 valence electrons. The molecule has 1 fully saturated rings. The maximum Gasteiger partial charge on any atom is 0.112 e. The fourth-order valence-corrected chi connectivity index (χ4v) is 1.89. The Morgan fingerprint density at radius 2 is 2.17 bits per heavy atom. The monoisotopic (exact) mass is 164 g/mol. The van der Waals surface area contributed by atoms with Gasteiger partial charge in [0.2, 0.25) is 0 Å². The molecule has 1 heterocycles. The first-order valence-electron chi connectivity index (χ1n) is 4.76. The van der Waals surface area contributed by atoms with Crippen LogP contribution >= 0.6 is 0 Å². The van der Waals surface area contributed by atoms with Crippen molar-refractivity contribution in [2.45, 2.75) is 39.0 Å². The molecule has 2 nitrogen and oxygen atoms in total. The SMILES string of the molecule is CCc1c(C)nc(C2CC2)n1C. The van der Waals surface area contributed by atoms with Gasteiger partial charge in [0.1, 0.15) is 5.82 Å². The zero-order chi connectivity index (χ0) is 8.72. The predicted molar refractivity (Wildman–Crippen MR) is 49.3 cm³/mol. The molecular formula is C10H16N2. The Labute approximate surface area is 73.6 Å². The lowest BCUT2D eigenvalue weighted by Crippen LogP contribution is -1.99. The van der Waals surface area contributed by atoms with E-state index in [1.165, 1.54) is 30.1 Å². The number of imidazole rings is 1. The summed E-state index contributed by atoms with van der Waals surface area (Å²) in [4.78, 5) is 4.61. The van der Waals surface area contributed by atoms with Gasteiger partial charge in [0, 0.05) is 18.7 Å². The normalized spacial score (nSPS) is 16.9. The molecule has 2 rings (SSSR count). The summed E-state index contributed by atoms with van der Waals surface area (Å²) < 4.78 is 2.28. The van der Waals surface area contributed by atoms with Gasteiger partial charge in [0.25, 0.3) is 0 Å². The van der Waals surface area contributed by atoms with E-state index >= 15 is 0 Å². The third-order valence-corrected chi connectivity index (χ3v) is 2.73. The van der Waals surface area contributed by atoms with E-state index in [0.717, 1.165) is 12.3 Å². The molecule has 2 heteroatoms. The second kappa shape index (κ2) is 2.61. The van der Waals surface area contributed by atoms with E-state index in [0.29, 0.717) is 0 Å². The van der Waals surface area contributed by atoms with Crippen LogP contribution in [0.5, 0.6) is 0 Å². The Hall–Kier alpha value is -0.790. The van der Waals surface area contributed by atoms with E-state index in [-0.39, 0.29) is 0 Å². The molecule has 0 radical (unpaired) electrons. The van der Waals surface area contributed by atoms with Crippen LogP contribution in [-0.2, 0) is 13.5 Å². The smallest absolute Gasteiger partial charge is 0.112 e. The van der Waals surface area contributed by atoms with Crippen molar-refractivity contribution in [1.29, 1.82) is 0 Å². The van der Waals surface area contributed by atoms with E-state index in [4.69, 9.17) is 0 Å². The Kier molecular flexibility index (Phi) is 1.71. The molecule has 0 spiro atoms. The summed E-state index contributed by atoms with van der Waals surface area (Å²) in [7, 11) is 2.15. The molecule has 12 heavy (non-hydrogen) atoms. The van der Waals surface area contributed by atoms with Crippen molar-refractivity contribution in [1.82, 2.24) is 9.55 Å². The third kappa shape index (κ3) is 1.06. The molecule has 1 aromatic heterocycles. The summed E-state index contributed by atoms with van der Waals surface area (Å²) in [5, 5.41) is 0. The molecule has 1 saturated carbocycles. The van der Waals surface area contributed by atoms with Gasteiger partial charge >= 0.3 is 0 Å². The Balaban J connectivity index is 2.42. The molecular weight excluding hydrogens is 148 g/mol. The zero-order valence-electron chi connectivity index (χ0n) is 8.09. The van der Waals surface area contributed by atoms with E-state index in [1.54, 1.807) is 0 Å². The molecule has 0 amide bonds. The van der Waals surface area contributed by atoms with Gasteiger partial charge in [0.05, 0.1) is 5.69 Å². The molecule has 1 aliphatic carbocycles. The van der Waals surface area contributed by atoms with Crippen LogP contribution < -0.4 is 0 Å². The van der Waals surface area contributed by atoms with Crippen LogP contribution in [0.4, 0.5) is 0 Å². The summed E-state index contributed by atoms with van der Waals surface area (Å²) >= 11 is 0. The summed E-state index contributed by atoms with van der Waals surface area (Å²) in [6.07, 6.45) is 3.78. The summed E-state index contributed by atoms with van der Waals surface area (Å²) in [6.45, 7) is 4.31. The highest BCUT2D eigenvalue weighted by molar-refractivity contribution is 5.20. The highest BCUT2D eigenvalue weighted by Gasteiger charge is 2.28. The van der Waals surface area contributed by atoms with E-state index in [1.807, 2.05) is 0 Å². The molecule has 1 aromatic rings. The first kappa shape index (κ1) is 7.84. The number of aryl methyl sites for hydroxylation is 1. The van der Waals surface area contributed by atoms with Crippen LogP contribution in [0.15, 0.2) is 0 Å². The van der Waals surface area contributed by atoms with Crippen molar-refractivity contribution >= 4 is 0 Å². The van der Waals surface area contributed by atoms with Crippen LogP contribution in [0.3, 0.4) is 0 Å². The van der Waals surface area contributed by atoms with Crippen molar-refractivity contribution in [3.05, 3.63) is 17.2 Å². The van der Waals surface area contributed by atoms with Gasteiger partial charge in [-0.1, -0.05) is 6.92 Å². The van der Waals surface area contributed by atoms with Gasteiger partial charge in [-0.05, 0) is 26.2 Å². The van der Waals surface area contributed by atoms with Crippen LogP contribution in [-0.4, -0.2) is 9.55 Å². The first-order chi connectivity index (χ1) is 5.74. The molecule has 0 aliphatic heterocycles. The molecule has 0 saturated heterocycles. The summed E-state index contributed by atoms with van der Waals surface area (Å²) in [5.74, 6) is 2.08. The van der Waals surface area contributed by atoms with Gasteiger partial charge in [-0.2, -0.15) is 0 Å². The standard InChI is InChI=1S/C10H16N2/c1-4-9-7(2)11-10(12(9)3)8-5-6-8/h8H,4-6H2,1-3H3. The van der Waals surface area contributed by atoms with Crippen molar-refractivity contribution in [2.75, 3.05) is 0 Å². The molecule has 1 aliphatic rings. The third-order valence-electron chi connectivity index (χ3n) is 2.73. The molecule has 0 aromatic carbocycles. The van der Waals surface area contributed by atoms with E-state index < -0.39 is 0 Å². The maximum atomic E-state index is 4.61. The second-order valence-electron chi connectivity index (χ2n) is 3.69. The van der Waals surface area contributed by atoms with Crippen molar-refractivity contribution < 1.29 is 0 Å². The van der Waals surface area contributed by atoms with Crippen molar-refractivity contribution in [3.8, 4) is 0 Å². The lowest BCUT2D eigenvalue weighted by Gasteiger charge is -2.02. The fraction of sp³-hybridized carbons (Fsp3) is 0.700. The minimum Gasteiger partial charge on any atom is -0.335 e. The zero-order valence-corrected chi connectivity index (χ0v) is 8.09. The van der Waals surface area contributed by atoms with Crippen LogP contribution in [0.25, 0.3) is 0 Å². The average Bonchev–Trinajstić information content (AvgIpc) is 2.80. The molecule has 0 N–H and O–H groups in total. The lowest BCUT2D eigenvalue weighted by atomic mass is 10.3. The average molecular weight is 164 g/mol. The highest BCUT2D eigenvalue weighted by Crippen LogP contribution is 2.39. The lowest BCUT2D eigenvalue weighted by molar-refractivity contribution is 0.758. The van der Waals surface area contributed by atoms with Gasteiger partial charge in [-0.15, -0.1) is 0 Å². The number of aromatic nitrogens is 2. The fourth-order valence-electron chi connectivity index (χ4n) is 1.89. The number of hydrogen-bond donors (Lipinski definition) is 0. The minimum absolute atomic E-state index is 0.772. The summed E-state index contributed by atoms with van der Waals surface area (Å²) in [5.41, 5.74) is 2.62. The van der Waals surface area contributed by atoms with Gasteiger partial charge in [-0.25, -0.2) is 4.98 Å². The van der Waals surface area contributed by atoms with Crippen LogP contribution in [0, 0.1) is 6.92 Å². The van der Waals surface area contributed by atoms with Gasteiger partial charge < -0.3 is 4.57 Å². The Bertz CT molecular complexity index is 295. The van der Waals surface area contributed by atoms with Crippen molar-refractivity contribution in [2.24, 2.45) is 7.05 Å². The molecule has 0 atom stereocenters. The minimum atomic E-state index is 0.772. The molecule has 0 unspecified atom stereocenters. The van der Waals surface area contributed by atoms with E-state index in [2.05, 4.69) is 30.4 Å². The Morgan fingerprint density at radius 3 is 2.58 bits per heavy atom. The number of hydrogen-bond acceptors (Lipinski definition) is 1. The quantitative estimate of drug-likeness (QED) is 0.655. The summed E-state index contributed by atoms with van der Waals surface area (Å²) in [6, 6.07) is 0. The van der Waals surface area contributed by atoms with Crippen LogP contribution in [0.1, 0.15) is 42.9 Å². The maximum absolute atomic E-state index is 4.61. The largest absolute Gasteiger partial charge is 0.335 e. The van der Waals surface area contributed by atoms with E-state index in [9.17, 15) is 0 Å². The number of rotatable bonds is 2. The van der Waals surface area contributed by atoms with Gasteiger partial charge in [0.15, 0.2) is 0 Å². The van der Waals surface area contributed by atoms with Crippen molar-refractivity contribution in [3.63, 3.8) is 0 Å². The number of nitrogens with zero attached hydrogens (tertiary/aromatic N) is 2.